The first kappa shape index (κ1) is 41.7. The van der Waals surface area contributed by atoms with Crippen molar-refractivity contribution in [3.8, 4) is 11.1 Å². The average Bonchev–Trinajstić information content (AvgIpc) is 3.22. The van der Waals surface area contributed by atoms with Crippen molar-refractivity contribution in [3.63, 3.8) is 0 Å². The van der Waals surface area contributed by atoms with Crippen molar-refractivity contribution in [3.05, 3.63) is 148 Å². The number of thioether (sulfide) groups is 1. The van der Waals surface area contributed by atoms with Gasteiger partial charge >= 0.3 is 0 Å². The number of anilines is 2. The molecule has 5 aromatic carbocycles. The molecule has 1 amide bonds. The minimum atomic E-state index is -4.45. The number of carbonyl (C=O) groups excluding carboxylic acids is 1. The minimum Gasteiger partial charge on any atom is -0.388 e. The molecule has 6 rings (SSSR count). The van der Waals surface area contributed by atoms with Gasteiger partial charge in [0.25, 0.3) is 21.6 Å². The molecule has 1 fully saturated rings. The molecule has 0 bridgehead atoms. The van der Waals surface area contributed by atoms with Gasteiger partial charge < -0.3 is 20.2 Å². The molecule has 3 N–H and O–H groups in total. The third-order valence-corrected chi connectivity index (χ3v) is 12.9. The fourth-order valence-electron chi connectivity index (χ4n) is 6.93. The number of hydrogen-bond acceptors (Lipinski definition) is 10. The lowest BCUT2D eigenvalue weighted by atomic mass is 9.84. The Balaban J connectivity index is 1.07. The van der Waals surface area contributed by atoms with E-state index in [2.05, 4.69) is 14.9 Å². The molecule has 0 radical (unpaired) electrons. The summed E-state index contributed by atoms with van der Waals surface area (Å²) in [5, 5.41) is 27.6. The summed E-state index contributed by atoms with van der Waals surface area (Å²) in [5.74, 6) is -0.172. The summed E-state index contributed by atoms with van der Waals surface area (Å²) in [7, 11) is -0.544. The van der Waals surface area contributed by atoms with Crippen LogP contribution in [-0.4, -0.2) is 74.8 Å². The van der Waals surface area contributed by atoms with Crippen LogP contribution in [0, 0.1) is 16.0 Å². The number of aliphatic hydroxyl groups excluding tert-OH is 1. The lowest BCUT2D eigenvalue weighted by Gasteiger charge is -2.36. The summed E-state index contributed by atoms with van der Waals surface area (Å²) in [4.78, 5) is 29.6. The standard InChI is InChI=1S/C43H46ClN5O6S2/c1-47(2)25-24-34(29-56-36-8-4-3-5-9-36)45-40-21-20-37(28-41(40)49(52)53)57(54,55)46-43(51)32-14-18-35(19-15-32)48-26-22-31(23-27-48)42(50)39-11-7-6-10-38(39)30-12-16-33(44)17-13-30/h3-21,28,31,34,42,45,50H,22-27,29H2,1-2H3,(H,46,51). The molecule has 5 aromatic rings. The van der Waals surface area contributed by atoms with Crippen LogP contribution in [0.25, 0.3) is 11.1 Å². The van der Waals surface area contributed by atoms with Crippen molar-refractivity contribution in [1.29, 1.82) is 0 Å². The Morgan fingerprint density at radius 1 is 0.947 bits per heavy atom. The number of amides is 1. The number of carbonyl (C=O) groups is 1. The van der Waals surface area contributed by atoms with Crippen LogP contribution in [0.4, 0.5) is 17.1 Å². The molecule has 57 heavy (non-hydrogen) atoms. The van der Waals surface area contributed by atoms with Gasteiger partial charge in [0.1, 0.15) is 5.69 Å². The van der Waals surface area contributed by atoms with Crippen molar-refractivity contribution in [2.24, 2.45) is 5.92 Å². The zero-order valence-electron chi connectivity index (χ0n) is 31.8. The van der Waals surface area contributed by atoms with E-state index < -0.39 is 37.5 Å². The van der Waals surface area contributed by atoms with Gasteiger partial charge in [-0.25, -0.2) is 13.1 Å². The number of nitrogens with zero attached hydrogens (tertiary/aromatic N) is 3. The van der Waals surface area contributed by atoms with Crippen LogP contribution in [0.3, 0.4) is 0 Å². The average molecular weight is 828 g/mol. The Hall–Kier alpha value is -4.92. The van der Waals surface area contributed by atoms with Gasteiger partial charge in [-0.15, -0.1) is 11.8 Å². The van der Waals surface area contributed by atoms with Crippen LogP contribution >= 0.6 is 23.4 Å². The van der Waals surface area contributed by atoms with Gasteiger partial charge in [0, 0.05) is 52.1 Å². The third-order valence-electron chi connectivity index (χ3n) is 10.1. The van der Waals surface area contributed by atoms with E-state index in [9.17, 15) is 28.4 Å². The number of nitrogens with one attached hydrogen (secondary N) is 2. The van der Waals surface area contributed by atoms with Crippen LogP contribution < -0.4 is 14.9 Å². The zero-order valence-corrected chi connectivity index (χ0v) is 34.1. The summed E-state index contributed by atoms with van der Waals surface area (Å²) >= 11 is 7.73. The maximum atomic E-state index is 13.4. The third kappa shape index (κ3) is 10.9. The molecule has 1 aliphatic rings. The second-order valence-electron chi connectivity index (χ2n) is 14.3. The molecule has 2 atom stereocenters. The number of nitro benzene ring substituents is 1. The van der Waals surface area contributed by atoms with Crippen molar-refractivity contribution >= 4 is 56.4 Å². The number of halogens is 1. The molecule has 0 spiro atoms. The lowest BCUT2D eigenvalue weighted by molar-refractivity contribution is -0.384. The van der Waals surface area contributed by atoms with Crippen LogP contribution in [0.5, 0.6) is 0 Å². The van der Waals surface area contributed by atoms with E-state index in [0.29, 0.717) is 30.3 Å². The van der Waals surface area contributed by atoms with Gasteiger partial charge in [-0.3, -0.25) is 14.9 Å². The Bertz CT molecular complexity index is 2250. The highest BCUT2D eigenvalue weighted by Crippen LogP contribution is 2.37. The first-order chi connectivity index (χ1) is 27.4. The number of piperidine rings is 1. The highest BCUT2D eigenvalue weighted by molar-refractivity contribution is 7.99. The summed E-state index contributed by atoms with van der Waals surface area (Å²) in [6.45, 7) is 2.12. The molecule has 0 saturated carbocycles. The quantitative estimate of drug-likeness (QED) is 0.0503. The first-order valence-electron chi connectivity index (χ1n) is 18.7. The van der Waals surface area contributed by atoms with Gasteiger partial charge in [0.05, 0.1) is 15.9 Å². The summed E-state index contributed by atoms with van der Waals surface area (Å²) in [6, 6.07) is 35.4. The number of nitro groups is 1. The number of hydrogen-bond donors (Lipinski definition) is 3. The van der Waals surface area contributed by atoms with E-state index in [-0.39, 0.29) is 23.2 Å². The van der Waals surface area contributed by atoms with Crippen LogP contribution in [0.15, 0.2) is 131 Å². The second kappa shape index (κ2) is 19.0. The highest BCUT2D eigenvalue weighted by atomic mass is 35.5. The topological polar surface area (TPSA) is 145 Å². The zero-order chi connectivity index (χ0) is 40.5. The van der Waals surface area contributed by atoms with E-state index in [4.69, 9.17) is 11.6 Å². The smallest absolute Gasteiger partial charge is 0.293 e. The van der Waals surface area contributed by atoms with Gasteiger partial charge in [0.2, 0.25) is 0 Å². The second-order valence-corrected chi connectivity index (χ2v) is 17.6. The fraction of sp³-hybridized carbons (Fsp3) is 0.279. The maximum absolute atomic E-state index is 13.4. The van der Waals surface area contributed by atoms with E-state index >= 15 is 0 Å². The molecule has 1 heterocycles. The minimum absolute atomic E-state index is 0.0498. The first-order valence-corrected chi connectivity index (χ1v) is 21.6. The fourth-order valence-corrected chi connectivity index (χ4v) is 9.05. The molecule has 0 aromatic heterocycles. The van der Waals surface area contributed by atoms with Crippen molar-refractivity contribution in [1.82, 2.24) is 9.62 Å². The largest absolute Gasteiger partial charge is 0.388 e. The van der Waals surface area contributed by atoms with E-state index in [0.717, 1.165) is 52.7 Å². The summed E-state index contributed by atoms with van der Waals surface area (Å²) < 4.78 is 28.8. The normalized spacial score (nSPS) is 14.6. The molecule has 0 aliphatic carbocycles. The molecule has 298 valence electrons. The van der Waals surface area contributed by atoms with Crippen LogP contribution in [0.1, 0.15) is 41.3 Å². The SMILES string of the molecule is CN(C)CCC(CSc1ccccc1)Nc1ccc(S(=O)(=O)NC(=O)c2ccc(N3CCC(C(O)c4ccccc4-c4ccc(Cl)cc4)CC3)cc2)cc1[N+](=O)[O-]. The predicted octanol–water partition coefficient (Wildman–Crippen LogP) is 8.51. The Kier molecular flexibility index (Phi) is 13.9. The van der Waals surface area contributed by atoms with E-state index in [1.165, 1.54) is 12.1 Å². The number of benzene rings is 5. The molecule has 1 aliphatic heterocycles. The maximum Gasteiger partial charge on any atom is 0.293 e. The predicted molar refractivity (Wildman–Crippen MR) is 229 cm³/mol. The molecular formula is C43H46ClN5O6S2. The molecule has 11 nitrogen and oxygen atoms in total. The summed E-state index contributed by atoms with van der Waals surface area (Å²) in [5.41, 5.74) is 3.62. The number of rotatable bonds is 16. The van der Waals surface area contributed by atoms with Crippen molar-refractivity contribution in [2.45, 2.75) is 41.2 Å². The van der Waals surface area contributed by atoms with Crippen LogP contribution in [0.2, 0.25) is 5.02 Å². The molecule has 14 heteroatoms. The van der Waals surface area contributed by atoms with Gasteiger partial charge in [0.15, 0.2) is 0 Å². The van der Waals surface area contributed by atoms with Crippen molar-refractivity contribution < 1.29 is 23.2 Å². The Morgan fingerprint density at radius 2 is 1.61 bits per heavy atom. The lowest BCUT2D eigenvalue weighted by Crippen LogP contribution is -2.35. The van der Waals surface area contributed by atoms with Gasteiger partial charge in [-0.2, -0.15) is 0 Å². The van der Waals surface area contributed by atoms with Gasteiger partial charge in [-0.05, 0) is 123 Å². The van der Waals surface area contributed by atoms with E-state index in [1.54, 1.807) is 36.0 Å². The van der Waals surface area contributed by atoms with Crippen LogP contribution in [-0.2, 0) is 10.0 Å². The molecular weight excluding hydrogens is 782 g/mol. The van der Waals surface area contributed by atoms with Crippen molar-refractivity contribution in [2.75, 3.05) is 49.7 Å². The monoisotopic (exact) mass is 827 g/mol. The van der Waals surface area contributed by atoms with E-state index in [1.807, 2.05) is 97.9 Å². The number of aliphatic hydroxyl groups is 1. The Labute approximate surface area is 343 Å². The molecule has 2 unspecified atom stereocenters. The Morgan fingerprint density at radius 3 is 2.28 bits per heavy atom. The summed E-state index contributed by atoms with van der Waals surface area (Å²) in [6.07, 6.45) is 1.55. The number of sulfonamides is 1. The van der Waals surface area contributed by atoms with Gasteiger partial charge in [-0.1, -0.05) is 66.2 Å². The highest BCUT2D eigenvalue weighted by Gasteiger charge is 2.29. The molecule has 1 saturated heterocycles.